The van der Waals surface area contributed by atoms with Crippen LogP contribution in [0.5, 0.6) is 0 Å². The summed E-state index contributed by atoms with van der Waals surface area (Å²) in [6.07, 6.45) is -5.53. The van der Waals surface area contributed by atoms with Gasteiger partial charge in [0.15, 0.2) is 12.6 Å². The minimum Gasteiger partial charge on any atom is -0.459 e. The van der Waals surface area contributed by atoms with Crippen LogP contribution in [-0.4, -0.2) is 161 Å². The van der Waals surface area contributed by atoms with Crippen molar-refractivity contribution in [3.63, 3.8) is 0 Å². The molecule has 0 aromatic rings. The number of hydrogen-bond acceptors (Lipinski definition) is 14. The molecular weight excluding hydrogens is 748 g/mol. The summed E-state index contributed by atoms with van der Waals surface area (Å²) in [5.41, 5.74) is -4.11. The Morgan fingerprint density at radius 1 is 0.966 bits per heavy atom. The lowest BCUT2D eigenvalue weighted by Gasteiger charge is -2.49. The summed E-state index contributed by atoms with van der Waals surface area (Å²) >= 11 is 0. The molecule has 0 aromatic heterocycles. The van der Waals surface area contributed by atoms with E-state index in [4.69, 9.17) is 28.4 Å². The van der Waals surface area contributed by atoms with Crippen LogP contribution >= 0.6 is 0 Å². The van der Waals surface area contributed by atoms with E-state index < -0.39 is 89.7 Å². The molecule has 4 N–H and O–H groups in total. The minimum absolute atomic E-state index is 0.0334. The molecule has 2 heterocycles. The smallest absolute Gasteiger partial charge is 0.311 e. The number of rotatable bonds is 23. The predicted molar refractivity (Wildman–Crippen MR) is 223 cm³/mol. The first kappa shape index (κ1) is 52.8. The number of Topliss-reactive ketones (excluding diaryl/α,β-unsaturated/α-hetero) is 1. The van der Waals surface area contributed by atoms with E-state index >= 15 is 0 Å². The van der Waals surface area contributed by atoms with Crippen LogP contribution < -0.4 is 0 Å². The highest BCUT2D eigenvalue weighted by atomic mass is 16.7. The molecule has 0 aliphatic carbocycles. The van der Waals surface area contributed by atoms with E-state index in [1.807, 2.05) is 86.5 Å². The number of ether oxygens (including phenoxy) is 6. The van der Waals surface area contributed by atoms with E-state index in [9.17, 15) is 30.0 Å². The van der Waals surface area contributed by atoms with E-state index in [0.717, 1.165) is 0 Å². The van der Waals surface area contributed by atoms with Crippen molar-refractivity contribution in [3.8, 4) is 0 Å². The number of nitrogens with zero attached hydrogens (tertiary/aromatic N) is 2. The van der Waals surface area contributed by atoms with Gasteiger partial charge in [-0.1, -0.05) is 34.6 Å². The second-order valence-corrected chi connectivity index (χ2v) is 19.1. The first-order chi connectivity index (χ1) is 26.7. The number of hydrogen-bond donors (Lipinski definition) is 4. The Hall–Kier alpha value is -1.30. The van der Waals surface area contributed by atoms with Crippen molar-refractivity contribution in [2.24, 2.45) is 23.7 Å². The van der Waals surface area contributed by atoms with Gasteiger partial charge >= 0.3 is 5.97 Å². The fourth-order valence-corrected chi connectivity index (χ4v) is 9.31. The molecule has 0 amide bonds. The maximum atomic E-state index is 14.6. The first-order valence-electron chi connectivity index (χ1n) is 21.7. The van der Waals surface area contributed by atoms with Crippen molar-refractivity contribution in [1.82, 2.24) is 9.80 Å². The number of aliphatic hydroxyl groups excluding tert-OH is 2. The lowest BCUT2D eigenvalue weighted by atomic mass is 9.75. The van der Waals surface area contributed by atoms with Gasteiger partial charge in [-0.3, -0.25) is 9.59 Å². The lowest BCUT2D eigenvalue weighted by molar-refractivity contribution is -0.318. The average molecular weight is 833 g/mol. The van der Waals surface area contributed by atoms with Gasteiger partial charge < -0.3 is 58.6 Å². The first-order valence-corrected chi connectivity index (χ1v) is 21.7. The molecule has 14 nitrogen and oxygen atoms in total. The Kier molecular flexibility index (Phi) is 20.2. The molecule has 14 heteroatoms. The molecule has 2 fully saturated rings. The molecule has 0 bridgehead atoms. The Labute approximate surface area is 350 Å². The topological polar surface area (TPSA) is 177 Å². The molecule has 0 saturated carbocycles. The van der Waals surface area contributed by atoms with E-state index in [1.165, 1.54) is 7.11 Å². The number of likely N-dealkylation sites (N-methyl/N-ethyl adjacent to an activating group) is 1. The van der Waals surface area contributed by atoms with Gasteiger partial charge in [0.25, 0.3) is 0 Å². The second kappa shape index (κ2) is 22.2. The maximum Gasteiger partial charge on any atom is 0.311 e. The van der Waals surface area contributed by atoms with E-state index in [2.05, 4.69) is 0 Å². The highest BCUT2D eigenvalue weighted by Crippen LogP contribution is 2.40. The Morgan fingerprint density at radius 3 is 2.07 bits per heavy atom. The standard InChI is InChI=1S/C44H84N2O12/c1-18-20-31(47)22-32(29(8)45(13)14)44(12,52)34(19-2)56-40(50)28(7)37(57-35-24-43(11,53-17)38(49)30(9)55-35)27(6)39(42(10,51)23-25(3)4)58-41-36(48)33(46(15)16)21-26(5)54-41/h25-30,32-39,41,48-49,51-52H,18-24H2,1-17H3/t26-,27+,28-,29-,30+,32-,33+,34-,35+,36-,37+,38+,39-,41+,42-,43-,44+/m1/s1. The van der Waals surface area contributed by atoms with Crippen LogP contribution in [0.2, 0.25) is 0 Å². The molecule has 0 radical (unpaired) electrons. The summed E-state index contributed by atoms with van der Waals surface area (Å²) in [5, 5.41) is 47.1. The van der Waals surface area contributed by atoms with Crippen molar-refractivity contribution >= 4 is 11.8 Å². The normalized spacial score (nSPS) is 32.8. The number of carbonyl (C=O) groups excluding carboxylic acids is 2. The van der Waals surface area contributed by atoms with Gasteiger partial charge in [0.2, 0.25) is 0 Å². The van der Waals surface area contributed by atoms with Crippen LogP contribution in [0.15, 0.2) is 0 Å². The second-order valence-electron chi connectivity index (χ2n) is 19.1. The fraction of sp³-hybridized carbons (Fsp3) is 0.955. The van der Waals surface area contributed by atoms with E-state index in [1.54, 1.807) is 34.6 Å². The van der Waals surface area contributed by atoms with Crippen LogP contribution in [0.25, 0.3) is 0 Å². The molecule has 0 spiro atoms. The van der Waals surface area contributed by atoms with Gasteiger partial charge in [0.1, 0.15) is 29.7 Å². The highest BCUT2D eigenvalue weighted by Gasteiger charge is 2.52. The Bertz CT molecular complexity index is 1260. The molecule has 2 rings (SSSR count). The minimum atomic E-state index is -1.59. The summed E-state index contributed by atoms with van der Waals surface area (Å²) in [4.78, 5) is 31.5. The number of ketones is 1. The van der Waals surface area contributed by atoms with Crippen LogP contribution in [0.3, 0.4) is 0 Å². The zero-order valence-corrected chi connectivity index (χ0v) is 39.1. The number of methoxy groups -OCH3 is 1. The number of carbonyl (C=O) groups is 2. The SMILES string of the molecule is CCCC(=O)C[C@H]([C@@H](C)N(C)C)[C@](C)(O)[C@@H](CC)OC(=O)[C@H](C)[C@@H](O[C@H]1C[C@@](C)(OC)[C@@H](O)[C@H](C)O1)[C@H](C)[C@@H](O[C@@H]1O[C@H](C)C[C@H](N(C)C)[C@H]1O)[C@](C)(O)CC(C)C. The van der Waals surface area contributed by atoms with Gasteiger partial charge in [0.05, 0.1) is 41.5 Å². The molecule has 342 valence electrons. The Morgan fingerprint density at radius 2 is 1.57 bits per heavy atom. The van der Waals surface area contributed by atoms with Crippen LogP contribution in [0, 0.1) is 23.7 Å². The molecule has 2 saturated heterocycles. The van der Waals surface area contributed by atoms with Crippen LogP contribution in [0.1, 0.15) is 128 Å². The molecule has 0 aromatic carbocycles. The quantitative estimate of drug-likeness (QED) is 0.106. The monoisotopic (exact) mass is 833 g/mol. The summed E-state index contributed by atoms with van der Waals surface area (Å²) in [6.45, 7) is 21.9. The zero-order chi connectivity index (χ0) is 44.7. The maximum absolute atomic E-state index is 14.6. The van der Waals surface area contributed by atoms with Gasteiger partial charge in [-0.05, 0) is 108 Å². The van der Waals surface area contributed by atoms with Gasteiger partial charge in [-0.15, -0.1) is 0 Å². The molecule has 58 heavy (non-hydrogen) atoms. The molecular formula is C44H84N2O12. The third-order valence-electron chi connectivity index (χ3n) is 13.0. The number of esters is 1. The summed E-state index contributed by atoms with van der Waals surface area (Å²) in [6, 6.07) is -0.493. The predicted octanol–water partition coefficient (Wildman–Crippen LogP) is 4.55. The fourth-order valence-electron chi connectivity index (χ4n) is 9.31. The third kappa shape index (κ3) is 13.3. The molecule has 0 unspecified atom stereocenters. The number of aliphatic hydroxyl groups is 4. The van der Waals surface area contributed by atoms with Gasteiger partial charge in [-0.25, -0.2) is 0 Å². The Balaban J connectivity index is 2.68. The zero-order valence-electron chi connectivity index (χ0n) is 39.1. The van der Waals surface area contributed by atoms with Crippen molar-refractivity contribution in [1.29, 1.82) is 0 Å². The average Bonchev–Trinajstić information content (AvgIpc) is 3.12. The van der Waals surface area contributed by atoms with Crippen molar-refractivity contribution in [2.75, 3.05) is 35.3 Å². The van der Waals surface area contributed by atoms with Crippen molar-refractivity contribution in [2.45, 2.75) is 212 Å². The van der Waals surface area contributed by atoms with Crippen LogP contribution in [0.4, 0.5) is 0 Å². The van der Waals surface area contributed by atoms with Gasteiger partial charge in [0, 0.05) is 50.3 Å². The van der Waals surface area contributed by atoms with Gasteiger partial charge in [-0.2, -0.15) is 0 Å². The van der Waals surface area contributed by atoms with E-state index in [-0.39, 0.29) is 49.2 Å². The summed E-state index contributed by atoms with van der Waals surface area (Å²) in [7, 11) is 9.07. The van der Waals surface area contributed by atoms with Crippen molar-refractivity contribution < 1.29 is 58.4 Å². The molecule has 17 atom stereocenters. The summed E-state index contributed by atoms with van der Waals surface area (Å²) in [5.74, 6) is -2.90. The van der Waals surface area contributed by atoms with Crippen molar-refractivity contribution in [3.05, 3.63) is 0 Å². The lowest BCUT2D eigenvalue weighted by Crippen LogP contribution is -2.60. The van der Waals surface area contributed by atoms with E-state index in [0.29, 0.717) is 25.7 Å². The molecule has 2 aliphatic rings. The summed E-state index contributed by atoms with van der Waals surface area (Å²) < 4.78 is 38.0. The highest BCUT2D eigenvalue weighted by molar-refractivity contribution is 5.78. The van der Waals surface area contributed by atoms with Crippen LogP contribution in [-0.2, 0) is 38.0 Å². The molecule has 2 aliphatic heterocycles. The largest absolute Gasteiger partial charge is 0.459 e. The third-order valence-corrected chi connectivity index (χ3v) is 13.0.